The number of nitrogens with zero attached hydrogens (tertiary/aromatic N) is 1. The molecule has 0 radical (unpaired) electrons. The fourth-order valence-corrected chi connectivity index (χ4v) is 4.32. The van der Waals surface area contributed by atoms with Crippen LogP contribution in [0.1, 0.15) is 11.1 Å². The van der Waals surface area contributed by atoms with Gasteiger partial charge in [-0.05, 0) is 35.9 Å². The number of quaternary nitrogens is 2. The van der Waals surface area contributed by atoms with Crippen molar-refractivity contribution in [3.63, 3.8) is 0 Å². The molecule has 0 amide bonds. The Balaban J connectivity index is 1.21. The first-order chi connectivity index (χ1) is 13.3. The summed E-state index contributed by atoms with van der Waals surface area (Å²) in [6, 6.07) is 14.3. The highest BCUT2D eigenvalue weighted by atomic mass is 16.5. The summed E-state index contributed by atoms with van der Waals surface area (Å²) in [5.41, 5.74) is 4.31. The number of oxazole rings is 1. The zero-order valence-corrected chi connectivity index (χ0v) is 15.4. The molecule has 1 aromatic heterocycles. The lowest BCUT2D eigenvalue weighted by Crippen LogP contribution is -3.27. The van der Waals surface area contributed by atoms with E-state index in [1.54, 1.807) is 9.47 Å². The van der Waals surface area contributed by atoms with Gasteiger partial charge in [0.25, 0.3) is 0 Å². The van der Waals surface area contributed by atoms with Gasteiger partial charge in [-0.25, -0.2) is 9.36 Å². The van der Waals surface area contributed by atoms with Crippen molar-refractivity contribution in [3.05, 3.63) is 64.1 Å². The summed E-state index contributed by atoms with van der Waals surface area (Å²) in [7, 11) is 0. The highest BCUT2D eigenvalue weighted by molar-refractivity contribution is 5.72. The normalized spacial score (nSPS) is 21.9. The molecular formula is C21H25N3O3+2. The predicted octanol–water partition coefficient (Wildman–Crippen LogP) is -0.529. The Kier molecular flexibility index (Phi) is 4.22. The molecule has 0 unspecified atom stereocenters. The van der Waals surface area contributed by atoms with Crippen LogP contribution >= 0.6 is 0 Å². The molecular weight excluding hydrogens is 342 g/mol. The van der Waals surface area contributed by atoms with Crippen molar-refractivity contribution in [2.45, 2.75) is 19.6 Å². The molecule has 27 heavy (non-hydrogen) atoms. The summed E-state index contributed by atoms with van der Waals surface area (Å²) in [6.07, 6.45) is 1.03. The van der Waals surface area contributed by atoms with Crippen LogP contribution < -0.4 is 20.3 Å². The summed E-state index contributed by atoms with van der Waals surface area (Å²) in [5.74, 6) is 0.805. The Morgan fingerprint density at radius 3 is 2.70 bits per heavy atom. The van der Waals surface area contributed by atoms with Crippen molar-refractivity contribution in [1.82, 2.24) is 4.57 Å². The number of aromatic nitrogens is 1. The molecule has 5 rings (SSSR count). The van der Waals surface area contributed by atoms with E-state index in [0.29, 0.717) is 12.3 Å². The molecule has 1 fully saturated rings. The molecule has 0 aliphatic carbocycles. The van der Waals surface area contributed by atoms with Gasteiger partial charge in [0.2, 0.25) is 0 Å². The predicted molar refractivity (Wildman–Crippen MR) is 101 cm³/mol. The minimum absolute atomic E-state index is 0.251. The maximum absolute atomic E-state index is 12.2. The monoisotopic (exact) mass is 367 g/mol. The Labute approximate surface area is 157 Å². The fourth-order valence-electron chi connectivity index (χ4n) is 4.32. The highest BCUT2D eigenvalue weighted by Crippen LogP contribution is 2.25. The lowest BCUT2D eigenvalue weighted by molar-refractivity contribution is -1.03. The molecule has 3 aromatic rings. The molecule has 0 saturated carbocycles. The van der Waals surface area contributed by atoms with E-state index in [1.807, 2.05) is 24.3 Å². The Bertz CT molecular complexity index is 1010. The van der Waals surface area contributed by atoms with Crippen LogP contribution in [-0.4, -0.2) is 37.4 Å². The summed E-state index contributed by atoms with van der Waals surface area (Å²) in [5, 5.41) is 0. The maximum atomic E-state index is 12.2. The van der Waals surface area contributed by atoms with Crippen LogP contribution in [-0.2, 0) is 19.6 Å². The molecule has 0 bridgehead atoms. The number of benzene rings is 2. The van der Waals surface area contributed by atoms with E-state index >= 15 is 0 Å². The van der Waals surface area contributed by atoms with Crippen LogP contribution in [0.15, 0.2) is 51.7 Å². The number of hydrogen-bond donors (Lipinski definition) is 2. The molecule has 6 heteroatoms. The van der Waals surface area contributed by atoms with Crippen molar-refractivity contribution in [2.24, 2.45) is 0 Å². The summed E-state index contributed by atoms with van der Waals surface area (Å²) in [4.78, 5) is 15.2. The van der Waals surface area contributed by atoms with Gasteiger partial charge in [-0.15, -0.1) is 0 Å². The molecule has 6 nitrogen and oxygen atoms in total. The third-order valence-electron chi connectivity index (χ3n) is 5.83. The Hall–Kier alpha value is -2.57. The third kappa shape index (κ3) is 3.26. The first-order valence-corrected chi connectivity index (χ1v) is 9.76. The first kappa shape index (κ1) is 16.6. The van der Waals surface area contributed by atoms with Gasteiger partial charge < -0.3 is 19.0 Å². The van der Waals surface area contributed by atoms with E-state index in [2.05, 4.69) is 18.2 Å². The van der Waals surface area contributed by atoms with E-state index < -0.39 is 0 Å². The summed E-state index contributed by atoms with van der Waals surface area (Å²) >= 11 is 0. The van der Waals surface area contributed by atoms with E-state index in [0.717, 1.165) is 57.0 Å². The van der Waals surface area contributed by atoms with Crippen molar-refractivity contribution in [2.75, 3.05) is 32.8 Å². The van der Waals surface area contributed by atoms with Crippen molar-refractivity contribution in [1.29, 1.82) is 0 Å². The van der Waals surface area contributed by atoms with Crippen LogP contribution in [0, 0.1) is 0 Å². The molecule has 2 aromatic carbocycles. The van der Waals surface area contributed by atoms with E-state index in [4.69, 9.17) is 9.15 Å². The zero-order chi connectivity index (χ0) is 18.2. The van der Waals surface area contributed by atoms with Crippen LogP contribution in [0.5, 0.6) is 5.75 Å². The van der Waals surface area contributed by atoms with Gasteiger partial charge in [0.15, 0.2) is 12.3 Å². The standard InChI is InChI=1S/C21H23N3O3/c25-21-24(18-3-1-2-4-20(18)27-21)15-23-10-8-22(9-11-23)14-16-5-6-19-17(13-16)7-12-26-19/h1-6,13H,7-12,14-15H2/p+2. The number of ether oxygens (including phenoxy) is 1. The molecule has 1 saturated heterocycles. The minimum atomic E-state index is -0.251. The molecule has 2 N–H and O–H groups in total. The second kappa shape index (κ2) is 6.87. The smallest absolute Gasteiger partial charge is 0.424 e. The van der Waals surface area contributed by atoms with E-state index in [-0.39, 0.29) is 5.76 Å². The highest BCUT2D eigenvalue weighted by Gasteiger charge is 2.25. The second-order valence-electron chi connectivity index (χ2n) is 7.64. The summed E-state index contributed by atoms with van der Waals surface area (Å²) < 4.78 is 12.7. The topological polar surface area (TPSA) is 53.2 Å². The Morgan fingerprint density at radius 1 is 1.00 bits per heavy atom. The van der Waals surface area contributed by atoms with Gasteiger partial charge >= 0.3 is 5.76 Å². The molecule has 3 heterocycles. The second-order valence-corrected chi connectivity index (χ2v) is 7.64. The van der Waals surface area contributed by atoms with Crippen LogP contribution in [0.4, 0.5) is 0 Å². The van der Waals surface area contributed by atoms with Crippen LogP contribution in [0.25, 0.3) is 11.1 Å². The number of rotatable bonds is 4. The minimum Gasteiger partial charge on any atom is -0.493 e. The number of hydrogen-bond acceptors (Lipinski definition) is 3. The fraction of sp³-hybridized carbons (Fsp3) is 0.381. The van der Waals surface area contributed by atoms with E-state index in [9.17, 15) is 4.79 Å². The number of fused-ring (bicyclic) bond motifs is 2. The summed E-state index contributed by atoms with van der Waals surface area (Å²) in [6.45, 7) is 6.93. The first-order valence-electron chi connectivity index (χ1n) is 9.76. The lowest BCUT2D eigenvalue weighted by atomic mass is 10.1. The average molecular weight is 367 g/mol. The van der Waals surface area contributed by atoms with Gasteiger partial charge in [-0.3, -0.25) is 0 Å². The Morgan fingerprint density at radius 2 is 1.81 bits per heavy atom. The van der Waals surface area contributed by atoms with Gasteiger partial charge in [0.05, 0.1) is 12.1 Å². The van der Waals surface area contributed by atoms with E-state index in [1.165, 1.54) is 16.0 Å². The average Bonchev–Trinajstić information content (AvgIpc) is 3.27. The molecule has 140 valence electrons. The molecule has 0 atom stereocenters. The zero-order valence-electron chi connectivity index (χ0n) is 15.4. The van der Waals surface area contributed by atoms with Gasteiger partial charge in [0.1, 0.15) is 38.5 Å². The molecule has 2 aliphatic heterocycles. The quantitative estimate of drug-likeness (QED) is 0.652. The SMILES string of the molecule is O=c1oc2ccccc2n1C[NH+]1CC[NH+](Cc2ccc3c(c2)CCO3)CC1. The van der Waals surface area contributed by atoms with Crippen LogP contribution in [0.3, 0.4) is 0 Å². The van der Waals surface area contributed by atoms with Gasteiger partial charge in [0, 0.05) is 12.0 Å². The van der Waals surface area contributed by atoms with Gasteiger partial charge in [-0.2, -0.15) is 0 Å². The number of nitrogens with one attached hydrogen (secondary N) is 2. The molecule has 0 spiro atoms. The molecule has 2 aliphatic rings. The van der Waals surface area contributed by atoms with Crippen molar-refractivity contribution < 1.29 is 19.0 Å². The largest absolute Gasteiger partial charge is 0.493 e. The lowest BCUT2D eigenvalue weighted by Gasteiger charge is -2.29. The van der Waals surface area contributed by atoms with Crippen molar-refractivity contribution >= 4 is 11.1 Å². The third-order valence-corrected chi connectivity index (χ3v) is 5.83. The van der Waals surface area contributed by atoms with Gasteiger partial charge in [-0.1, -0.05) is 12.1 Å². The number of piperazine rings is 1. The van der Waals surface area contributed by atoms with Crippen molar-refractivity contribution in [3.8, 4) is 5.75 Å². The number of para-hydroxylation sites is 2. The van der Waals surface area contributed by atoms with Crippen LogP contribution in [0.2, 0.25) is 0 Å². The maximum Gasteiger partial charge on any atom is 0.424 e.